The van der Waals surface area contributed by atoms with Crippen LogP contribution in [0.2, 0.25) is 0 Å². The van der Waals surface area contributed by atoms with Gasteiger partial charge in [0, 0.05) is 12.8 Å². The molecule has 0 aromatic heterocycles. The van der Waals surface area contributed by atoms with Gasteiger partial charge in [0.1, 0.15) is 0 Å². The number of nitrogens with two attached hydrogens (primary N) is 1. The Morgan fingerprint density at radius 1 is 1.38 bits per heavy atom. The van der Waals surface area contributed by atoms with E-state index in [1.165, 1.54) is 0 Å². The van der Waals surface area contributed by atoms with Crippen molar-refractivity contribution in [2.45, 2.75) is 32.6 Å². The summed E-state index contributed by atoms with van der Waals surface area (Å²) in [5.41, 5.74) is 4.85. The van der Waals surface area contributed by atoms with Crippen LogP contribution in [0, 0.1) is 5.92 Å². The first kappa shape index (κ1) is 12.8. The van der Waals surface area contributed by atoms with Gasteiger partial charge in [-0.2, -0.15) is 0 Å². The summed E-state index contributed by atoms with van der Waals surface area (Å²) in [4.78, 5) is 0. The molecule has 4 heteroatoms. The summed E-state index contributed by atoms with van der Waals surface area (Å²) in [6.07, 6.45) is 0.167. The van der Waals surface area contributed by atoms with Crippen molar-refractivity contribution in [3.05, 3.63) is 0 Å². The largest absolute Gasteiger partial charge is 0.331 e. The van der Waals surface area contributed by atoms with Crippen molar-refractivity contribution in [1.82, 2.24) is 5.32 Å². The summed E-state index contributed by atoms with van der Waals surface area (Å²) in [6.45, 7) is 6.27. The zero-order chi connectivity index (χ0) is 10.3. The van der Waals surface area contributed by atoms with Gasteiger partial charge in [-0.3, -0.25) is 0 Å². The highest BCUT2D eigenvalue weighted by Crippen LogP contribution is 2.41. The van der Waals surface area contributed by atoms with Gasteiger partial charge in [-0.25, -0.2) is 8.78 Å². The van der Waals surface area contributed by atoms with E-state index in [0.717, 1.165) is 19.6 Å². The van der Waals surface area contributed by atoms with Crippen molar-refractivity contribution in [3.8, 4) is 0 Å². The lowest BCUT2D eigenvalue weighted by Gasteiger charge is -2.34. The summed E-state index contributed by atoms with van der Waals surface area (Å²) in [7, 11) is 0. The summed E-state index contributed by atoms with van der Waals surface area (Å²) in [5, 5.41) is 3.05. The van der Waals surface area contributed by atoms with E-state index >= 15 is 0 Å². The summed E-state index contributed by atoms with van der Waals surface area (Å²) in [5.74, 6) is -2.13. The summed E-state index contributed by atoms with van der Waals surface area (Å²) >= 11 is 0. The Labute approximate surface area is 78.9 Å². The first-order valence-electron chi connectivity index (χ1n) is 4.84. The van der Waals surface area contributed by atoms with Crippen molar-refractivity contribution >= 4 is 0 Å². The molecule has 1 aliphatic carbocycles. The van der Waals surface area contributed by atoms with Crippen LogP contribution in [0.4, 0.5) is 8.78 Å². The fourth-order valence-electron chi connectivity index (χ4n) is 1.28. The standard InChI is InChI=1S/C7H13F2N.C2H7N/c1-2-10-5-6-3-7(8,9)4-6;1-2-3/h6,10H,2-5H2,1H3;2-3H2,1H3. The van der Waals surface area contributed by atoms with Crippen LogP contribution in [0.1, 0.15) is 26.7 Å². The molecule has 0 radical (unpaired) electrons. The zero-order valence-corrected chi connectivity index (χ0v) is 8.45. The second-order valence-corrected chi connectivity index (χ2v) is 3.35. The van der Waals surface area contributed by atoms with E-state index in [0.29, 0.717) is 0 Å². The molecule has 0 aromatic rings. The number of hydrogen-bond donors (Lipinski definition) is 2. The van der Waals surface area contributed by atoms with Crippen molar-refractivity contribution in [2.24, 2.45) is 11.7 Å². The van der Waals surface area contributed by atoms with Crippen LogP contribution < -0.4 is 11.1 Å². The number of rotatable bonds is 3. The smallest absolute Gasteiger partial charge is 0.248 e. The van der Waals surface area contributed by atoms with E-state index in [1.807, 2.05) is 13.8 Å². The Bertz CT molecular complexity index is 121. The van der Waals surface area contributed by atoms with E-state index in [-0.39, 0.29) is 18.8 Å². The van der Waals surface area contributed by atoms with Crippen LogP contribution in [0.25, 0.3) is 0 Å². The Morgan fingerprint density at radius 2 is 1.85 bits per heavy atom. The van der Waals surface area contributed by atoms with Gasteiger partial charge < -0.3 is 11.1 Å². The molecule has 0 aromatic carbocycles. The number of alkyl halides is 2. The summed E-state index contributed by atoms with van der Waals surface area (Å²) < 4.78 is 24.4. The van der Waals surface area contributed by atoms with Gasteiger partial charge in [0.2, 0.25) is 5.92 Å². The van der Waals surface area contributed by atoms with Gasteiger partial charge in [0.05, 0.1) is 0 Å². The lowest BCUT2D eigenvalue weighted by molar-refractivity contribution is -0.109. The maximum absolute atomic E-state index is 12.2. The van der Waals surface area contributed by atoms with E-state index in [1.54, 1.807) is 0 Å². The molecule has 3 N–H and O–H groups in total. The van der Waals surface area contributed by atoms with Crippen LogP contribution in [-0.2, 0) is 0 Å². The fraction of sp³-hybridized carbons (Fsp3) is 1.00. The average molecular weight is 194 g/mol. The zero-order valence-electron chi connectivity index (χ0n) is 8.45. The third-order valence-electron chi connectivity index (χ3n) is 1.86. The van der Waals surface area contributed by atoms with Crippen LogP contribution in [-0.4, -0.2) is 25.6 Å². The minimum Gasteiger partial charge on any atom is -0.331 e. The molecule has 1 saturated carbocycles. The molecule has 0 bridgehead atoms. The van der Waals surface area contributed by atoms with Crippen molar-refractivity contribution in [1.29, 1.82) is 0 Å². The Hall–Kier alpha value is -0.220. The molecule has 0 aliphatic heterocycles. The molecule has 13 heavy (non-hydrogen) atoms. The Balaban J connectivity index is 0.000000424. The van der Waals surface area contributed by atoms with Crippen molar-refractivity contribution in [2.75, 3.05) is 19.6 Å². The maximum atomic E-state index is 12.2. The lowest BCUT2D eigenvalue weighted by atomic mass is 9.81. The molecule has 1 rings (SSSR count). The van der Waals surface area contributed by atoms with Crippen LogP contribution in [0.5, 0.6) is 0 Å². The molecule has 80 valence electrons. The molecule has 0 saturated heterocycles. The first-order chi connectivity index (χ1) is 6.05. The third-order valence-corrected chi connectivity index (χ3v) is 1.86. The molecule has 0 heterocycles. The molecule has 0 unspecified atom stereocenters. The SMILES string of the molecule is CCN.CCNCC1CC(F)(F)C1. The summed E-state index contributed by atoms with van der Waals surface area (Å²) in [6, 6.07) is 0. The number of nitrogens with one attached hydrogen (secondary N) is 1. The molecule has 0 amide bonds. The average Bonchev–Trinajstić information content (AvgIpc) is 1.98. The van der Waals surface area contributed by atoms with Gasteiger partial charge >= 0.3 is 0 Å². The first-order valence-corrected chi connectivity index (χ1v) is 4.84. The second-order valence-electron chi connectivity index (χ2n) is 3.35. The van der Waals surface area contributed by atoms with Gasteiger partial charge in [0.25, 0.3) is 0 Å². The van der Waals surface area contributed by atoms with Crippen LogP contribution in [0.15, 0.2) is 0 Å². The quantitative estimate of drug-likeness (QED) is 0.716. The normalized spacial score (nSPS) is 20.1. The molecule has 0 spiro atoms. The molecule has 1 fully saturated rings. The van der Waals surface area contributed by atoms with Gasteiger partial charge in [-0.05, 0) is 25.6 Å². The van der Waals surface area contributed by atoms with Gasteiger partial charge in [0.15, 0.2) is 0 Å². The Morgan fingerprint density at radius 3 is 2.15 bits per heavy atom. The lowest BCUT2D eigenvalue weighted by Crippen LogP contribution is -2.40. The highest BCUT2D eigenvalue weighted by atomic mass is 19.3. The molecule has 2 nitrogen and oxygen atoms in total. The topological polar surface area (TPSA) is 38.0 Å². The second kappa shape index (κ2) is 6.27. The van der Waals surface area contributed by atoms with E-state index in [2.05, 4.69) is 5.32 Å². The molecular formula is C9H20F2N2. The highest BCUT2D eigenvalue weighted by molar-refractivity contribution is 4.86. The number of halogens is 2. The molecular weight excluding hydrogens is 174 g/mol. The van der Waals surface area contributed by atoms with E-state index in [4.69, 9.17) is 5.73 Å². The van der Waals surface area contributed by atoms with Crippen molar-refractivity contribution < 1.29 is 8.78 Å². The monoisotopic (exact) mass is 194 g/mol. The van der Waals surface area contributed by atoms with Crippen molar-refractivity contribution in [3.63, 3.8) is 0 Å². The molecule has 0 atom stereocenters. The predicted octanol–water partition coefficient (Wildman–Crippen LogP) is 1.61. The van der Waals surface area contributed by atoms with E-state index in [9.17, 15) is 8.78 Å². The highest BCUT2D eigenvalue weighted by Gasteiger charge is 2.44. The van der Waals surface area contributed by atoms with Crippen LogP contribution in [0.3, 0.4) is 0 Å². The minimum absolute atomic E-state index is 0.0833. The number of hydrogen-bond acceptors (Lipinski definition) is 2. The predicted molar refractivity (Wildman–Crippen MR) is 50.9 cm³/mol. The van der Waals surface area contributed by atoms with Gasteiger partial charge in [-0.1, -0.05) is 13.8 Å². The van der Waals surface area contributed by atoms with Gasteiger partial charge in [-0.15, -0.1) is 0 Å². The minimum atomic E-state index is -2.35. The Kier molecular flexibility index (Phi) is 6.16. The maximum Gasteiger partial charge on any atom is 0.248 e. The fourth-order valence-corrected chi connectivity index (χ4v) is 1.28. The van der Waals surface area contributed by atoms with Crippen LogP contribution >= 0.6 is 0 Å². The third kappa shape index (κ3) is 5.93. The molecule has 1 aliphatic rings. The van der Waals surface area contributed by atoms with E-state index < -0.39 is 5.92 Å².